The normalized spacial score (nSPS) is 31.3. The summed E-state index contributed by atoms with van der Waals surface area (Å²) >= 11 is 0. The lowest BCUT2D eigenvalue weighted by Gasteiger charge is -2.45. The summed E-state index contributed by atoms with van der Waals surface area (Å²) < 4.78 is 11.5. The molecule has 18 heavy (non-hydrogen) atoms. The summed E-state index contributed by atoms with van der Waals surface area (Å²) in [6.45, 7) is 1.45. The number of nitrogens with zero attached hydrogens (tertiary/aromatic N) is 1. The van der Waals surface area contributed by atoms with Gasteiger partial charge in [0.2, 0.25) is 0 Å². The van der Waals surface area contributed by atoms with E-state index < -0.39 is 0 Å². The number of nitriles is 1. The van der Waals surface area contributed by atoms with Crippen LogP contribution in [-0.4, -0.2) is 19.0 Å². The number of rotatable bonds is 1. The highest BCUT2D eigenvalue weighted by molar-refractivity contribution is 5.07. The van der Waals surface area contributed by atoms with E-state index in [0.29, 0.717) is 5.92 Å². The van der Waals surface area contributed by atoms with Gasteiger partial charge in [-0.05, 0) is 31.6 Å². The van der Waals surface area contributed by atoms with Gasteiger partial charge in [0.1, 0.15) is 0 Å². The average molecular weight is 249 g/mol. The van der Waals surface area contributed by atoms with Crippen LogP contribution < -0.4 is 0 Å². The van der Waals surface area contributed by atoms with Crippen molar-refractivity contribution < 1.29 is 9.47 Å². The molecule has 3 fully saturated rings. The lowest BCUT2D eigenvalue weighted by molar-refractivity contribution is -0.191. The molecule has 1 aliphatic heterocycles. The van der Waals surface area contributed by atoms with Crippen LogP contribution in [-0.2, 0) is 9.47 Å². The van der Waals surface area contributed by atoms with Gasteiger partial charge in [0.15, 0.2) is 5.79 Å². The molecule has 3 nitrogen and oxygen atoms in total. The van der Waals surface area contributed by atoms with E-state index in [4.69, 9.17) is 9.47 Å². The first-order chi connectivity index (χ1) is 8.79. The highest BCUT2D eigenvalue weighted by atomic mass is 16.7. The maximum atomic E-state index is 9.69. The van der Waals surface area contributed by atoms with E-state index >= 15 is 0 Å². The molecule has 1 spiro atoms. The second-order valence-corrected chi connectivity index (χ2v) is 6.21. The third-order valence-corrected chi connectivity index (χ3v) is 5.33. The quantitative estimate of drug-likeness (QED) is 0.715. The molecule has 0 bridgehead atoms. The Morgan fingerprint density at radius 1 is 0.889 bits per heavy atom. The Morgan fingerprint density at radius 2 is 1.50 bits per heavy atom. The molecular weight excluding hydrogens is 226 g/mol. The number of hydrogen-bond acceptors (Lipinski definition) is 3. The number of ether oxygens (including phenoxy) is 2. The summed E-state index contributed by atoms with van der Waals surface area (Å²) in [7, 11) is 0. The summed E-state index contributed by atoms with van der Waals surface area (Å²) in [5.41, 5.74) is -0.0824. The minimum atomic E-state index is -0.324. The topological polar surface area (TPSA) is 42.2 Å². The second kappa shape index (κ2) is 4.83. The first-order valence-corrected chi connectivity index (χ1v) is 7.48. The Bertz CT molecular complexity index is 325. The smallest absolute Gasteiger partial charge is 0.168 e. The Hall–Kier alpha value is -0.590. The minimum absolute atomic E-state index is 0.0824. The minimum Gasteiger partial charge on any atom is -0.348 e. The third-order valence-electron chi connectivity index (χ3n) is 5.33. The highest BCUT2D eigenvalue weighted by Crippen LogP contribution is 2.51. The molecule has 1 heterocycles. The molecule has 0 atom stereocenters. The van der Waals surface area contributed by atoms with Crippen molar-refractivity contribution >= 4 is 0 Å². The molecule has 3 heteroatoms. The first-order valence-electron chi connectivity index (χ1n) is 7.48. The van der Waals surface area contributed by atoms with Gasteiger partial charge in [-0.3, -0.25) is 0 Å². The van der Waals surface area contributed by atoms with Gasteiger partial charge in [-0.25, -0.2) is 0 Å². The third kappa shape index (κ3) is 2.06. The van der Waals surface area contributed by atoms with Crippen LogP contribution in [0.5, 0.6) is 0 Å². The van der Waals surface area contributed by atoms with Gasteiger partial charge in [0.25, 0.3) is 0 Å². The predicted molar refractivity (Wildman–Crippen MR) is 67.7 cm³/mol. The fourth-order valence-electron chi connectivity index (χ4n) is 4.13. The summed E-state index contributed by atoms with van der Waals surface area (Å²) in [6, 6.07) is 2.68. The van der Waals surface area contributed by atoms with Crippen molar-refractivity contribution in [2.75, 3.05) is 13.2 Å². The average Bonchev–Trinajstić information content (AvgIpc) is 2.90. The molecule has 0 radical (unpaired) electrons. The van der Waals surface area contributed by atoms with Gasteiger partial charge < -0.3 is 9.47 Å². The van der Waals surface area contributed by atoms with Crippen molar-refractivity contribution in [2.45, 2.75) is 63.6 Å². The lowest BCUT2D eigenvalue weighted by atomic mass is 9.61. The molecule has 0 unspecified atom stereocenters. The molecule has 1 saturated heterocycles. The van der Waals surface area contributed by atoms with Crippen molar-refractivity contribution in [2.24, 2.45) is 11.3 Å². The van der Waals surface area contributed by atoms with Gasteiger partial charge in [0.05, 0.1) is 24.7 Å². The van der Waals surface area contributed by atoms with Crippen LogP contribution >= 0.6 is 0 Å². The second-order valence-electron chi connectivity index (χ2n) is 6.21. The van der Waals surface area contributed by atoms with Gasteiger partial charge in [-0.2, -0.15) is 5.26 Å². The van der Waals surface area contributed by atoms with Crippen molar-refractivity contribution in [1.29, 1.82) is 5.26 Å². The van der Waals surface area contributed by atoms with Crippen LogP contribution in [0.25, 0.3) is 0 Å². The molecule has 0 aromatic carbocycles. The monoisotopic (exact) mass is 249 g/mol. The SMILES string of the molecule is N#CC1(C2CCCCC2)CCC2(CC1)OCCO2. The Balaban J connectivity index is 1.69. The largest absolute Gasteiger partial charge is 0.348 e. The van der Waals surface area contributed by atoms with Crippen LogP contribution in [0.15, 0.2) is 0 Å². The molecule has 0 aromatic rings. The Morgan fingerprint density at radius 3 is 2.06 bits per heavy atom. The Labute approximate surface area is 109 Å². The van der Waals surface area contributed by atoms with E-state index in [0.717, 1.165) is 38.9 Å². The summed E-state index contributed by atoms with van der Waals surface area (Å²) in [5.74, 6) is 0.296. The summed E-state index contributed by atoms with van der Waals surface area (Å²) in [6.07, 6.45) is 10.2. The summed E-state index contributed by atoms with van der Waals surface area (Å²) in [4.78, 5) is 0. The maximum absolute atomic E-state index is 9.69. The van der Waals surface area contributed by atoms with E-state index in [1.54, 1.807) is 0 Å². The molecular formula is C15H23NO2. The standard InChI is InChI=1S/C15H23NO2/c16-12-14(13-4-2-1-3-5-13)6-8-15(9-7-14)17-10-11-18-15/h13H,1-11H2. The van der Waals surface area contributed by atoms with Crippen molar-refractivity contribution in [3.05, 3.63) is 0 Å². The van der Waals surface area contributed by atoms with Crippen LogP contribution in [0.3, 0.4) is 0 Å². The van der Waals surface area contributed by atoms with E-state index in [9.17, 15) is 5.26 Å². The molecule has 2 saturated carbocycles. The van der Waals surface area contributed by atoms with Gasteiger partial charge >= 0.3 is 0 Å². The zero-order valence-corrected chi connectivity index (χ0v) is 11.1. The van der Waals surface area contributed by atoms with E-state index in [1.165, 1.54) is 32.1 Å². The van der Waals surface area contributed by atoms with Crippen molar-refractivity contribution in [3.63, 3.8) is 0 Å². The van der Waals surface area contributed by atoms with E-state index in [1.807, 2.05) is 0 Å². The van der Waals surface area contributed by atoms with Crippen LogP contribution in [0.1, 0.15) is 57.8 Å². The Kier molecular flexibility index (Phi) is 3.34. The zero-order chi connectivity index (χ0) is 12.5. The van der Waals surface area contributed by atoms with Gasteiger partial charge in [-0.15, -0.1) is 0 Å². The van der Waals surface area contributed by atoms with Crippen LogP contribution in [0.2, 0.25) is 0 Å². The molecule has 0 aromatic heterocycles. The predicted octanol–water partition coefficient (Wildman–Crippen LogP) is 3.39. The maximum Gasteiger partial charge on any atom is 0.168 e. The van der Waals surface area contributed by atoms with Gasteiger partial charge in [-0.1, -0.05) is 19.3 Å². The fourth-order valence-corrected chi connectivity index (χ4v) is 4.13. The molecule has 3 aliphatic rings. The van der Waals surface area contributed by atoms with Gasteiger partial charge in [0, 0.05) is 12.8 Å². The zero-order valence-electron chi connectivity index (χ0n) is 11.1. The van der Waals surface area contributed by atoms with Crippen molar-refractivity contribution in [1.82, 2.24) is 0 Å². The molecule has 2 aliphatic carbocycles. The summed E-state index contributed by atoms with van der Waals surface area (Å²) in [5, 5.41) is 9.69. The first kappa shape index (κ1) is 12.4. The van der Waals surface area contributed by atoms with Crippen LogP contribution in [0, 0.1) is 22.7 Å². The lowest BCUT2D eigenvalue weighted by Crippen LogP contribution is -2.43. The number of hydrogen-bond donors (Lipinski definition) is 0. The van der Waals surface area contributed by atoms with Crippen molar-refractivity contribution in [3.8, 4) is 6.07 Å². The molecule has 0 amide bonds. The highest BCUT2D eigenvalue weighted by Gasteiger charge is 2.49. The molecule has 0 N–H and O–H groups in total. The van der Waals surface area contributed by atoms with E-state index in [-0.39, 0.29) is 11.2 Å². The molecule has 100 valence electrons. The fraction of sp³-hybridized carbons (Fsp3) is 0.933. The molecule has 3 rings (SSSR count). The van der Waals surface area contributed by atoms with Crippen LogP contribution in [0.4, 0.5) is 0 Å². The van der Waals surface area contributed by atoms with E-state index in [2.05, 4.69) is 6.07 Å².